The van der Waals surface area contributed by atoms with Gasteiger partial charge < -0.3 is 17.7 Å². The number of halogens is 1. The van der Waals surface area contributed by atoms with E-state index in [1.165, 1.54) is 0 Å². The summed E-state index contributed by atoms with van der Waals surface area (Å²) in [6.07, 6.45) is 0. The number of hydrogen-bond donors (Lipinski definition) is 0. The van der Waals surface area contributed by atoms with Gasteiger partial charge in [-0.25, -0.2) is 0 Å². The first-order valence-corrected chi connectivity index (χ1v) is 12.6. The lowest BCUT2D eigenvalue weighted by Crippen LogP contribution is -2.49. The SMILES string of the molecule is CCO[Si](OCC)(OCC)OCC.C[Si](C)(C)Cl. The Balaban J connectivity index is 0. The molecule has 0 spiro atoms. The van der Waals surface area contributed by atoms with Gasteiger partial charge in [0.05, 0.1) is 0 Å². The summed E-state index contributed by atoms with van der Waals surface area (Å²) in [5.74, 6) is 0. The van der Waals surface area contributed by atoms with Crippen molar-refractivity contribution < 1.29 is 17.7 Å². The van der Waals surface area contributed by atoms with Crippen molar-refractivity contribution in [3.8, 4) is 0 Å². The van der Waals surface area contributed by atoms with Crippen LogP contribution in [0.4, 0.5) is 0 Å². The van der Waals surface area contributed by atoms with Gasteiger partial charge in [-0.1, -0.05) is 19.6 Å². The summed E-state index contributed by atoms with van der Waals surface area (Å²) < 4.78 is 21.7. The normalized spacial score (nSPS) is 12.0. The number of hydrogen-bond acceptors (Lipinski definition) is 4. The second-order valence-electron chi connectivity index (χ2n) is 4.30. The Hall–Kier alpha value is 0.564. The molecule has 0 aromatic heterocycles. The smallest absolute Gasteiger partial charge is 0.351 e. The first-order chi connectivity index (χ1) is 8.24. The molecule has 0 aliphatic heterocycles. The van der Waals surface area contributed by atoms with Gasteiger partial charge in [0.2, 0.25) is 0 Å². The van der Waals surface area contributed by atoms with Crippen molar-refractivity contribution in [2.24, 2.45) is 0 Å². The predicted molar refractivity (Wildman–Crippen MR) is 81.5 cm³/mol. The van der Waals surface area contributed by atoms with E-state index in [4.69, 9.17) is 28.8 Å². The van der Waals surface area contributed by atoms with Crippen LogP contribution < -0.4 is 0 Å². The minimum atomic E-state index is -2.80. The highest BCUT2D eigenvalue weighted by atomic mass is 35.6. The molecule has 0 aromatic rings. The van der Waals surface area contributed by atoms with E-state index in [1.54, 1.807) is 0 Å². The molecule has 18 heavy (non-hydrogen) atoms. The third-order valence-corrected chi connectivity index (χ3v) is 3.85. The van der Waals surface area contributed by atoms with E-state index in [2.05, 4.69) is 19.6 Å². The molecule has 0 aliphatic rings. The second-order valence-corrected chi connectivity index (χ2v) is 14.0. The average molecular weight is 317 g/mol. The van der Waals surface area contributed by atoms with Crippen LogP contribution in [-0.4, -0.2) is 42.9 Å². The molecule has 0 rings (SSSR count). The van der Waals surface area contributed by atoms with Crippen molar-refractivity contribution in [1.82, 2.24) is 0 Å². The van der Waals surface area contributed by atoms with Crippen LogP contribution in [0.1, 0.15) is 27.7 Å². The monoisotopic (exact) mass is 316 g/mol. The fraction of sp³-hybridized carbons (Fsp3) is 1.00. The van der Waals surface area contributed by atoms with Crippen LogP contribution in [0.3, 0.4) is 0 Å². The van der Waals surface area contributed by atoms with Gasteiger partial charge in [0.25, 0.3) is 0 Å². The van der Waals surface area contributed by atoms with Crippen molar-refractivity contribution >= 4 is 27.5 Å². The first kappa shape index (κ1) is 20.9. The summed E-state index contributed by atoms with van der Waals surface area (Å²) in [5, 5.41) is 0. The topological polar surface area (TPSA) is 36.9 Å². The Kier molecular flexibility index (Phi) is 13.2. The standard InChI is InChI=1S/C8H20O4Si.C3H9ClSi/c1-5-9-13(10-6-2,11-7-3)12-8-4;1-5(2,3)4/h5-8H2,1-4H3;1-3H3. The van der Waals surface area contributed by atoms with Gasteiger partial charge in [0.1, 0.15) is 7.38 Å². The second kappa shape index (κ2) is 11.4. The van der Waals surface area contributed by atoms with Gasteiger partial charge in [0.15, 0.2) is 0 Å². The maximum Gasteiger partial charge on any atom is 0.679 e. The van der Waals surface area contributed by atoms with Crippen LogP contribution >= 0.6 is 11.1 Å². The number of rotatable bonds is 8. The molecule has 0 saturated carbocycles. The molecule has 112 valence electrons. The predicted octanol–water partition coefficient (Wildman–Crippen LogP) is 3.63. The molecule has 7 heteroatoms. The van der Waals surface area contributed by atoms with E-state index >= 15 is 0 Å². The van der Waals surface area contributed by atoms with Crippen LogP contribution in [0.15, 0.2) is 0 Å². The Morgan fingerprint density at radius 3 is 0.944 bits per heavy atom. The summed E-state index contributed by atoms with van der Waals surface area (Å²) >= 11 is 5.67. The van der Waals surface area contributed by atoms with Gasteiger partial charge in [-0.3, -0.25) is 0 Å². The van der Waals surface area contributed by atoms with Crippen LogP contribution in [0.25, 0.3) is 0 Å². The van der Waals surface area contributed by atoms with E-state index < -0.39 is 16.4 Å². The van der Waals surface area contributed by atoms with Crippen LogP contribution in [0.2, 0.25) is 19.6 Å². The molecular formula is C11H29ClO4Si2. The van der Waals surface area contributed by atoms with Crippen LogP contribution in [-0.2, 0) is 17.7 Å². The highest BCUT2D eigenvalue weighted by Crippen LogP contribution is 2.11. The van der Waals surface area contributed by atoms with Gasteiger partial charge >= 0.3 is 9.05 Å². The van der Waals surface area contributed by atoms with Crippen molar-refractivity contribution in [2.45, 2.75) is 47.3 Å². The lowest BCUT2D eigenvalue weighted by atomic mass is 10.9. The fourth-order valence-corrected chi connectivity index (χ4v) is 2.87. The third kappa shape index (κ3) is 14.6. The van der Waals surface area contributed by atoms with E-state index in [1.807, 2.05) is 27.7 Å². The zero-order valence-corrected chi connectivity index (χ0v) is 15.6. The minimum absolute atomic E-state index is 0.548. The van der Waals surface area contributed by atoms with Crippen molar-refractivity contribution in [3.63, 3.8) is 0 Å². The largest absolute Gasteiger partial charge is 0.679 e. The van der Waals surface area contributed by atoms with Crippen LogP contribution in [0.5, 0.6) is 0 Å². The quantitative estimate of drug-likeness (QED) is 0.506. The van der Waals surface area contributed by atoms with E-state index in [0.29, 0.717) is 26.4 Å². The lowest BCUT2D eigenvalue weighted by Gasteiger charge is -2.26. The van der Waals surface area contributed by atoms with Gasteiger partial charge in [0, 0.05) is 26.4 Å². The van der Waals surface area contributed by atoms with E-state index in [9.17, 15) is 0 Å². The Morgan fingerprint density at radius 1 is 0.667 bits per heavy atom. The zero-order chi connectivity index (χ0) is 14.7. The molecule has 0 fully saturated rings. The molecule has 4 nitrogen and oxygen atoms in total. The summed E-state index contributed by atoms with van der Waals surface area (Å²) in [5.41, 5.74) is 0. The maximum absolute atomic E-state index is 5.67. The van der Waals surface area contributed by atoms with Crippen molar-refractivity contribution in [3.05, 3.63) is 0 Å². The first-order valence-electron chi connectivity index (χ1n) is 6.49. The van der Waals surface area contributed by atoms with Crippen molar-refractivity contribution in [1.29, 1.82) is 0 Å². The zero-order valence-electron chi connectivity index (χ0n) is 12.8. The fourth-order valence-electron chi connectivity index (χ4n) is 0.957. The molecule has 0 N–H and O–H groups in total. The summed E-state index contributed by atoms with van der Waals surface area (Å²) in [6.45, 7) is 16.1. The molecule has 0 amide bonds. The van der Waals surface area contributed by atoms with Gasteiger partial charge in [-0.2, -0.15) is 11.1 Å². The Bertz CT molecular complexity index is 153. The molecule has 0 atom stereocenters. The summed E-state index contributed by atoms with van der Waals surface area (Å²) in [4.78, 5) is 0. The minimum Gasteiger partial charge on any atom is -0.351 e. The van der Waals surface area contributed by atoms with Gasteiger partial charge in [-0.15, -0.1) is 0 Å². The Morgan fingerprint density at radius 2 is 0.833 bits per heavy atom. The molecule has 0 aliphatic carbocycles. The third-order valence-electron chi connectivity index (χ3n) is 1.28. The molecule has 0 bridgehead atoms. The molecule has 0 aromatic carbocycles. The summed E-state index contributed by atoms with van der Waals surface area (Å²) in [6, 6.07) is 0. The molecule has 0 radical (unpaired) electrons. The van der Waals surface area contributed by atoms with Crippen molar-refractivity contribution in [2.75, 3.05) is 26.4 Å². The summed E-state index contributed by atoms with van der Waals surface area (Å²) in [7, 11) is -3.93. The van der Waals surface area contributed by atoms with Crippen LogP contribution in [0, 0.1) is 0 Å². The van der Waals surface area contributed by atoms with E-state index in [0.717, 1.165) is 0 Å². The Labute approximate surface area is 119 Å². The molecule has 0 saturated heterocycles. The highest BCUT2D eigenvalue weighted by Gasteiger charge is 2.44. The maximum atomic E-state index is 5.67. The highest BCUT2D eigenvalue weighted by molar-refractivity contribution is 7.18. The van der Waals surface area contributed by atoms with E-state index in [-0.39, 0.29) is 0 Å². The molecule has 0 heterocycles. The molecule has 0 unspecified atom stereocenters. The molecular weight excluding hydrogens is 288 g/mol. The lowest BCUT2D eigenvalue weighted by molar-refractivity contribution is -0.0247. The average Bonchev–Trinajstić information content (AvgIpc) is 2.16. The van der Waals surface area contributed by atoms with Gasteiger partial charge in [-0.05, 0) is 27.7 Å².